The van der Waals surface area contributed by atoms with E-state index in [1.54, 1.807) is 42.7 Å². The molecule has 0 aliphatic carbocycles. The molecule has 11 heteroatoms. The monoisotopic (exact) mass is 542 g/mol. The number of carbonyl (C=O) groups excluding carboxylic acids is 1. The molecular formula is C26H27ClN4O5S. The van der Waals surface area contributed by atoms with Gasteiger partial charge in [-0.15, -0.1) is 0 Å². The average Bonchev–Trinajstić information content (AvgIpc) is 2.92. The first-order valence-electron chi connectivity index (χ1n) is 12.1. The molecule has 2 aromatic carbocycles. The number of nitrogens with zero attached hydrogens (tertiary/aromatic N) is 4. The van der Waals surface area contributed by atoms with Crippen LogP contribution in [0.2, 0.25) is 5.02 Å². The minimum Gasteiger partial charge on any atom is -0.480 e. The fourth-order valence-electron chi connectivity index (χ4n) is 5.13. The number of rotatable bonds is 5. The number of carbonyl (C=O) groups is 2. The predicted molar refractivity (Wildman–Crippen MR) is 140 cm³/mol. The van der Waals surface area contributed by atoms with E-state index in [2.05, 4.69) is 9.88 Å². The zero-order valence-corrected chi connectivity index (χ0v) is 21.6. The second kappa shape index (κ2) is 10.3. The molecule has 194 valence electrons. The van der Waals surface area contributed by atoms with Gasteiger partial charge in [-0.1, -0.05) is 23.7 Å². The molecule has 1 N–H and O–H groups in total. The minimum absolute atomic E-state index is 0.0305. The summed E-state index contributed by atoms with van der Waals surface area (Å²) in [5.74, 6) is -1.73. The van der Waals surface area contributed by atoms with Crippen molar-refractivity contribution in [3.05, 3.63) is 65.9 Å². The van der Waals surface area contributed by atoms with Gasteiger partial charge in [0.15, 0.2) is 0 Å². The maximum Gasteiger partial charge on any atom is 0.327 e. The predicted octanol–water partition coefficient (Wildman–Crippen LogP) is 3.09. The van der Waals surface area contributed by atoms with E-state index in [0.717, 1.165) is 11.1 Å². The summed E-state index contributed by atoms with van der Waals surface area (Å²) >= 11 is 6.03. The third-order valence-corrected chi connectivity index (χ3v) is 9.29. The van der Waals surface area contributed by atoms with Gasteiger partial charge in [-0.3, -0.25) is 9.78 Å². The fraction of sp³-hybridized carbons (Fsp3) is 0.346. The number of carboxylic acids is 1. The van der Waals surface area contributed by atoms with E-state index in [9.17, 15) is 23.1 Å². The molecular weight excluding hydrogens is 516 g/mol. The molecule has 1 unspecified atom stereocenters. The molecule has 0 radical (unpaired) electrons. The number of hydrogen-bond acceptors (Lipinski definition) is 6. The van der Waals surface area contributed by atoms with Gasteiger partial charge in [0.2, 0.25) is 15.9 Å². The Hall–Kier alpha value is -3.21. The van der Waals surface area contributed by atoms with Gasteiger partial charge in [0.1, 0.15) is 6.04 Å². The van der Waals surface area contributed by atoms with Crippen LogP contribution in [-0.2, 0) is 19.6 Å². The number of halogens is 1. The Morgan fingerprint density at radius 2 is 1.59 bits per heavy atom. The number of aliphatic carboxylic acids is 1. The van der Waals surface area contributed by atoms with E-state index in [1.807, 2.05) is 12.1 Å². The molecule has 3 aromatic rings. The van der Waals surface area contributed by atoms with Crippen molar-refractivity contribution in [1.82, 2.24) is 14.2 Å². The van der Waals surface area contributed by atoms with E-state index in [-0.39, 0.29) is 36.4 Å². The number of piperazine rings is 1. The molecule has 9 nitrogen and oxygen atoms in total. The van der Waals surface area contributed by atoms with Crippen molar-refractivity contribution in [2.24, 2.45) is 5.92 Å². The maximum absolute atomic E-state index is 13.4. The second-order valence-electron chi connectivity index (χ2n) is 9.37. The summed E-state index contributed by atoms with van der Waals surface area (Å²) in [6.07, 6.45) is 4.66. The van der Waals surface area contributed by atoms with Crippen molar-refractivity contribution in [2.75, 3.05) is 37.6 Å². The minimum atomic E-state index is -3.95. The number of pyridine rings is 1. The molecule has 1 amide bonds. The van der Waals surface area contributed by atoms with Gasteiger partial charge in [0, 0.05) is 61.7 Å². The number of aromatic nitrogens is 1. The molecule has 1 atom stereocenters. The van der Waals surface area contributed by atoms with Crippen LogP contribution in [0.4, 0.5) is 5.69 Å². The van der Waals surface area contributed by atoms with Crippen molar-refractivity contribution < 1.29 is 23.1 Å². The smallest absolute Gasteiger partial charge is 0.327 e. The standard InChI is InChI=1S/C26H27ClN4O5S/c27-21-3-1-20-16-23(4-2-19(20)15-21)37(35,36)30-13-14-31(24(17-30)26(33)34)25(32)18-7-11-29(12-8-18)22-5-9-28-10-6-22/h1-6,9-10,15-16,18,24H,7-8,11-14,17H2,(H,33,34). The van der Waals surface area contributed by atoms with E-state index >= 15 is 0 Å². The topological polar surface area (TPSA) is 111 Å². The average molecular weight is 543 g/mol. The number of sulfonamides is 1. The van der Waals surface area contributed by atoms with Gasteiger partial charge in [-0.25, -0.2) is 13.2 Å². The van der Waals surface area contributed by atoms with Gasteiger partial charge in [0.05, 0.1) is 4.90 Å². The van der Waals surface area contributed by atoms with Crippen LogP contribution in [-0.4, -0.2) is 78.4 Å². The number of amides is 1. The Morgan fingerprint density at radius 1 is 0.919 bits per heavy atom. The highest BCUT2D eigenvalue weighted by molar-refractivity contribution is 7.89. The lowest BCUT2D eigenvalue weighted by Gasteiger charge is -2.41. The van der Waals surface area contributed by atoms with Gasteiger partial charge in [0.25, 0.3) is 0 Å². The van der Waals surface area contributed by atoms with Crippen molar-refractivity contribution >= 4 is 50.0 Å². The van der Waals surface area contributed by atoms with Crippen LogP contribution in [0, 0.1) is 5.92 Å². The number of benzene rings is 2. The molecule has 5 rings (SSSR count). The molecule has 2 aliphatic heterocycles. The van der Waals surface area contributed by atoms with Crippen molar-refractivity contribution in [3.63, 3.8) is 0 Å². The summed E-state index contributed by atoms with van der Waals surface area (Å²) in [5.41, 5.74) is 1.04. The SMILES string of the molecule is O=C(O)C1CN(S(=O)(=O)c2ccc3cc(Cl)ccc3c2)CCN1C(=O)C1CCN(c2ccncc2)CC1. The Bertz CT molecular complexity index is 1430. The van der Waals surface area contributed by atoms with E-state index < -0.39 is 22.0 Å². The quantitative estimate of drug-likeness (QED) is 0.527. The van der Waals surface area contributed by atoms with Crippen LogP contribution < -0.4 is 4.90 Å². The number of hydrogen-bond donors (Lipinski definition) is 1. The largest absolute Gasteiger partial charge is 0.480 e. The lowest BCUT2D eigenvalue weighted by atomic mass is 9.94. The first-order chi connectivity index (χ1) is 17.7. The Morgan fingerprint density at radius 3 is 2.30 bits per heavy atom. The van der Waals surface area contributed by atoms with Crippen LogP contribution in [0.5, 0.6) is 0 Å². The zero-order valence-electron chi connectivity index (χ0n) is 20.0. The highest BCUT2D eigenvalue weighted by Crippen LogP contribution is 2.29. The first kappa shape index (κ1) is 25.4. The molecule has 2 fully saturated rings. The summed E-state index contributed by atoms with van der Waals surface area (Å²) in [5, 5.41) is 12.0. The summed E-state index contributed by atoms with van der Waals surface area (Å²) in [6.45, 7) is 1.13. The van der Waals surface area contributed by atoms with Crippen LogP contribution >= 0.6 is 11.6 Å². The van der Waals surface area contributed by atoms with Crippen LogP contribution in [0.3, 0.4) is 0 Å². The van der Waals surface area contributed by atoms with E-state index in [1.165, 1.54) is 15.3 Å². The molecule has 2 saturated heterocycles. The Kier molecular flexibility index (Phi) is 7.06. The molecule has 0 bridgehead atoms. The fourth-order valence-corrected chi connectivity index (χ4v) is 6.78. The van der Waals surface area contributed by atoms with Crippen LogP contribution in [0.1, 0.15) is 12.8 Å². The van der Waals surface area contributed by atoms with Crippen molar-refractivity contribution in [1.29, 1.82) is 0 Å². The van der Waals surface area contributed by atoms with Gasteiger partial charge >= 0.3 is 5.97 Å². The highest BCUT2D eigenvalue weighted by Gasteiger charge is 2.42. The Labute approximate surface area is 220 Å². The molecule has 0 spiro atoms. The lowest BCUT2D eigenvalue weighted by Crippen LogP contribution is -2.60. The third kappa shape index (κ3) is 5.14. The van der Waals surface area contributed by atoms with E-state index in [4.69, 9.17) is 11.6 Å². The third-order valence-electron chi connectivity index (χ3n) is 7.19. The highest BCUT2D eigenvalue weighted by atomic mass is 35.5. The normalized spacial score (nSPS) is 19.8. The maximum atomic E-state index is 13.4. The lowest BCUT2D eigenvalue weighted by molar-refractivity contribution is -0.154. The second-order valence-corrected chi connectivity index (χ2v) is 11.7. The zero-order chi connectivity index (χ0) is 26.2. The summed E-state index contributed by atoms with van der Waals surface area (Å²) < 4.78 is 28.0. The van der Waals surface area contributed by atoms with Gasteiger partial charge in [-0.05, 0) is 60.0 Å². The summed E-state index contributed by atoms with van der Waals surface area (Å²) in [4.78, 5) is 33.2. The molecule has 37 heavy (non-hydrogen) atoms. The number of carboxylic acid groups (broad SMARTS) is 1. The van der Waals surface area contributed by atoms with E-state index in [0.29, 0.717) is 36.3 Å². The number of anilines is 1. The van der Waals surface area contributed by atoms with Crippen LogP contribution in [0.25, 0.3) is 10.8 Å². The van der Waals surface area contributed by atoms with Crippen LogP contribution in [0.15, 0.2) is 65.8 Å². The Balaban J connectivity index is 1.29. The van der Waals surface area contributed by atoms with Crippen molar-refractivity contribution in [3.8, 4) is 0 Å². The van der Waals surface area contributed by atoms with Gasteiger partial charge < -0.3 is 14.9 Å². The summed E-state index contributed by atoms with van der Waals surface area (Å²) in [6, 6.07) is 12.5. The molecule has 1 aromatic heterocycles. The first-order valence-corrected chi connectivity index (χ1v) is 13.9. The summed E-state index contributed by atoms with van der Waals surface area (Å²) in [7, 11) is -3.95. The number of fused-ring (bicyclic) bond motifs is 1. The van der Waals surface area contributed by atoms with Gasteiger partial charge in [-0.2, -0.15) is 4.31 Å². The molecule has 3 heterocycles. The number of piperidine rings is 1. The van der Waals surface area contributed by atoms with Crippen molar-refractivity contribution in [2.45, 2.75) is 23.8 Å². The molecule has 2 aliphatic rings. The molecule has 0 saturated carbocycles.